The molecule has 0 saturated carbocycles. The van der Waals surface area contributed by atoms with Crippen molar-refractivity contribution in [2.45, 2.75) is 25.0 Å². The number of benzene rings is 2. The Morgan fingerprint density at radius 2 is 1.53 bits per heavy atom. The highest BCUT2D eigenvalue weighted by atomic mass is 35.5. The van der Waals surface area contributed by atoms with Gasteiger partial charge in [0.2, 0.25) is 0 Å². The lowest BCUT2D eigenvalue weighted by Gasteiger charge is -2.44. The van der Waals surface area contributed by atoms with Crippen molar-refractivity contribution >= 4 is 24.8 Å². The third-order valence-corrected chi connectivity index (χ3v) is 5.71. The van der Waals surface area contributed by atoms with Gasteiger partial charge in [-0.05, 0) is 53.8 Å². The number of nitrogens with zero attached hydrogens (tertiary/aromatic N) is 1. The number of rotatable bonds is 5. The molecular formula is C21H24Cl2F4N2O. The normalized spacial score (nSPS) is 20.9. The average Bonchev–Trinajstić information content (AvgIpc) is 3.01. The summed E-state index contributed by atoms with van der Waals surface area (Å²) in [6, 6.07) is 5.84. The minimum atomic E-state index is -0.868. The van der Waals surface area contributed by atoms with Crippen LogP contribution in [-0.4, -0.2) is 37.7 Å². The molecule has 0 aromatic heterocycles. The quantitative estimate of drug-likeness (QED) is 0.662. The minimum Gasteiger partial charge on any atom is -0.374 e. The summed E-state index contributed by atoms with van der Waals surface area (Å²) in [5.74, 6) is -3.02. The molecule has 1 N–H and O–H groups in total. The van der Waals surface area contributed by atoms with Crippen LogP contribution in [0.3, 0.4) is 0 Å². The van der Waals surface area contributed by atoms with Gasteiger partial charge in [-0.15, -0.1) is 24.8 Å². The van der Waals surface area contributed by atoms with Gasteiger partial charge in [0, 0.05) is 32.2 Å². The summed E-state index contributed by atoms with van der Waals surface area (Å²) in [6.07, 6.45) is 1.32. The van der Waals surface area contributed by atoms with Gasteiger partial charge in [-0.2, -0.15) is 0 Å². The van der Waals surface area contributed by atoms with Gasteiger partial charge >= 0.3 is 0 Å². The summed E-state index contributed by atoms with van der Waals surface area (Å²) in [5.41, 5.74) is 1.37. The van der Waals surface area contributed by atoms with Crippen LogP contribution in [0.2, 0.25) is 0 Å². The largest absolute Gasteiger partial charge is 0.374 e. The van der Waals surface area contributed by atoms with Crippen LogP contribution >= 0.6 is 24.8 Å². The van der Waals surface area contributed by atoms with Gasteiger partial charge in [0.05, 0.1) is 18.8 Å². The molecule has 2 aromatic rings. The first kappa shape index (κ1) is 24.9. The Hall–Kier alpha value is -1.38. The minimum absolute atomic E-state index is 0. The van der Waals surface area contributed by atoms with E-state index in [9.17, 15) is 17.6 Å². The topological polar surface area (TPSA) is 24.5 Å². The maximum Gasteiger partial charge on any atom is 0.159 e. The predicted octanol–water partition coefficient (Wildman–Crippen LogP) is 4.35. The van der Waals surface area contributed by atoms with Crippen molar-refractivity contribution in [1.29, 1.82) is 0 Å². The predicted molar refractivity (Wildman–Crippen MR) is 111 cm³/mol. The maximum absolute atomic E-state index is 14.0. The van der Waals surface area contributed by atoms with E-state index < -0.39 is 28.8 Å². The van der Waals surface area contributed by atoms with Crippen molar-refractivity contribution in [1.82, 2.24) is 10.2 Å². The molecule has 1 saturated heterocycles. The average molecular weight is 467 g/mol. The van der Waals surface area contributed by atoms with Gasteiger partial charge in [0.1, 0.15) is 11.6 Å². The second-order valence-electron chi connectivity index (χ2n) is 7.46. The summed E-state index contributed by atoms with van der Waals surface area (Å²) < 4.78 is 60.5. The summed E-state index contributed by atoms with van der Waals surface area (Å²) in [4.78, 5) is 2.25. The zero-order chi connectivity index (χ0) is 19.7. The Balaban J connectivity index is 0.00000160. The molecule has 1 fully saturated rings. The Kier molecular flexibility index (Phi) is 8.53. The van der Waals surface area contributed by atoms with E-state index in [1.165, 1.54) is 24.3 Å². The zero-order valence-corrected chi connectivity index (χ0v) is 17.9. The third-order valence-electron chi connectivity index (χ3n) is 5.71. The van der Waals surface area contributed by atoms with Crippen LogP contribution in [0.1, 0.15) is 23.1 Å². The lowest BCUT2D eigenvalue weighted by molar-refractivity contribution is -0.0242. The molecule has 1 atom stereocenters. The van der Waals surface area contributed by atoms with E-state index in [1.807, 2.05) is 0 Å². The Morgan fingerprint density at radius 3 is 2.20 bits per heavy atom. The molecule has 1 heterocycles. The fourth-order valence-electron chi connectivity index (χ4n) is 4.40. The van der Waals surface area contributed by atoms with E-state index in [0.29, 0.717) is 18.4 Å². The Bertz CT molecular complexity index is 860. The maximum atomic E-state index is 14.0. The van der Waals surface area contributed by atoms with Crippen LogP contribution in [0.4, 0.5) is 17.6 Å². The fraction of sp³-hybridized carbons (Fsp3) is 0.429. The number of ether oxygens (including phenoxy) is 1. The number of halogens is 6. The molecule has 0 amide bonds. The first-order chi connectivity index (χ1) is 13.5. The SMILES string of the molecule is Cl.Cl.Fc1cc(F)cc(COC[C@]2(N3CCNCC3)CCc3cc(F)c(F)cc32)c1. The second-order valence-corrected chi connectivity index (χ2v) is 7.46. The summed E-state index contributed by atoms with van der Waals surface area (Å²) >= 11 is 0. The molecule has 0 radical (unpaired) electrons. The summed E-state index contributed by atoms with van der Waals surface area (Å²) in [6.45, 7) is 3.41. The molecule has 2 aliphatic rings. The molecule has 4 rings (SSSR count). The summed E-state index contributed by atoms with van der Waals surface area (Å²) in [5, 5.41) is 3.29. The number of nitrogens with one attached hydrogen (secondary N) is 1. The molecule has 0 bridgehead atoms. The van der Waals surface area contributed by atoms with Crippen LogP contribution in [0.15, 0.2) is 30.3 Å². The van der Waals surface area contributed by atoms with Crippen molar-refractivity contribution in [3.8, 4) is 0 Å². The molecule has 0 unspecified atom stereocenters. The van der Waals surface area contributed by atoms with E-state index in [2.05, 4.69) is 10.2 Å². The monoisotopic (exact) mass is 466 g/mol. The Morgan fingerprint density at radius 1 is 0.900 bits per heavy atom. The molecule has 166 valence electrons. The molecule has 9 heteroatoms. The zero-order valence-electron chi connectivity index (χ0n) is 16.2. The molecule has 1 aliphatic heterocycles. The molecule has 1 aliphatic carbocycles. The third kappa shape index (κ3) is 4.92. The molecule has 3 nitrogen and oxygen atoms in total. The van der Waals surface area contributed by atoms with E-state index in [4.69, 9.17) is 4.74 Å². The highest BCUT2D eigenvalue weighted by Gasteiger charge is 2.45. The van der Waals surface area contributed by atoms with Crippen LogP contribution in [-0.2, 0) is 23.3 Å². The number of aryl methyl sites for hydroxylation is 1. The molecule has 30 heavy (non-hydrogen) atoms. The van der Waals surface area contributed by atoms with Crippen LogP contribution in [0, 0.1) is 23.3 Å². The van der Waals surface area contributed by atoms with Gasteiger partial charge in [-0.25, -0.2) is 17.6 Å². The smallest absolute Gasteiger partial charge is 0.159 e. The first-order valence-corrected chi connectivity index (χ1v) is 9.45. The molecular weight excluding hydrogens is 443 g/mol. The lowest BCUT2D eigenvalue weighted by Crippen LogP contribution is -2.55. The number of piperazine rings is 1. The molecule has 2 aromatic carbocycles. The lowest BCUT2D eigenvalue weighted by atomic mass is 9.89. The van der Waals surface area contributed by atoms with Crippen molar-refractivity contribution < 1.29 is 22.3 Å². The van der Waals surface area contributed by atoms with Crippen molar-refractivity contribution in [2.75, 3.05) is 32.8 Å². The van der Waals surface area contributed by atoms with Gasteiger partial charge in [0.15, 0.2) is 11.6 Å². The summed E-state index contributed by atoms with van der Waals surface area (Å²) in [7, 11) is 0. The van der Waals surface area contributed by atoms with E-state index >= 15 is 0 Å². The number of hydrogen-bond donors (Lipinski definition) is 1. The van der Waals surface area contributed by atoms with Crippen LogP contribution < -0.4 is 5.32 Å². The second kappa shape index (κ2) is 10.3. The highest BCUT2D eigenvalue weighted by Crippen LogP contribution is 2.43. The van der Waals surface area contributed by atoms with E-state index in [1.54, 1.807) is 0 Å². The van der Waals surface area contributed by atoms with Gasteiger partial charge in [-0.3, -0.25) is 4.90 Å². The number of fused-ring (bicyclic) bond motifs is 1. The fourth-order valence-corrected chi connectivity index (χ4v) is 4.40. The number of hydrogen-bond acceptors (Lipinski definition) is 3. The van der Waals surface area contributed by atoms with E-state index in [-0.39, 0.29) is 38.0 Å². The van der Waals surface area contributed by atoms with Crippen molar-refractivity contribution in [2.24, 2.45) is 0 Å². The van der Waals surface area contributed by atoms with E-state index in [0.717, 1.165) is 43.4 Å². The van der Waals surface area contributed by atoms with Crippen molar-refractivity contribution in [3.05, 3.63) is 70.3 Å². The highest BCUT2D eigenvalue weighted by molar-refractivity contribution is 5.85. The van der Waals surface area contributed by atoms with Crippen molar-refractivity contribution in [3.63, 3.8) is 0 Å². The van der Waals surface area contributed by atoms with Gasteiger partial charge < -0.3 is 10.1 Å². The molecule has 0 spiro atoms. The van der Waals surface area contributed by atoms with Crippen LogP contribution in [0.5, 0.6) is 0 Å². The standard InChI is InChI=1S/C21H22F4N2O.2ClH/c22-16-7-14(8-17(23)10-16)12-28-13-21(27-5-3-26-4-6-27)2-1-15-9-19(24)20(25)11-18(15)21;;/h7-11,26H,1-6,12-13H2;2*1H/t21-;;/m1../s1. The first-order valence-electron chi connectivity index (χ1n) is 9.45. The van der Waals surface area contributed by atoms with Gasteiger partial charge in [-0.1, -0.05) is 0 Å². The van der Waals surface area contributed by atoms with Crippen LogP contribution in [0.25, 0.3) is 0 Å². The van der Waals surface area contributed by atoms with Gasteiger partial charge in [0.25, 0.3) is 0 Å². The Labute approximate surface area is 185 Å².